The zero-order valence-electron chi connectivity index (χ0n) is 12.4. The minimum Gasteiger partial charge on any atom is -0.472 e. The highest BCUT2D eigenvalue weighted by Gasteiger charge is 2.07. The van der Waals surface area contributed by atoms with Gasteiger partial charge in [-0.2, -0.15) is 0 Å². The summed E-state index contributed by atoms with van der Waals surface area (Å²) in [5.74, 6) is 0.676. The van der Waals surface area contributed by atoms with Gasteiger partial charge in [-0.15, -0.1) is 11.3 Å². The molecule has 2 heterocycles. The third-order valence-electron chi connectivity index (χ3n) is 2.89. The second-order valence-corrected chi connectivity index (χ2v) is 6.50. The topological polar surface area (TPSA) is 41.3 Å². The second kappa shape index (κ2) is 7.57. The van der Waals surface area contributed by atoms with Crippen LogP contribution in [0.25, 0.3) is 0 Å². The molecule has 0 amide bonds. The van der Waals surface area contributed by atoms with E-state index in [0.29, 0.717) is 5.92 Å². The molecule has 2 aromatic heterocycles. The maximum Gasteiger partial charge on any atom is 0.107 e. The summed E-state index contributed by atoms with van der Waals surface area (Å²) in [5, 5.41) is 6.74. The lowest BCUT2D eigenvalue weighted by molar-refractivity contribution is 0.314. The smallest absolute Gasteiger partial charge is 0.107 e. The first-order valence-corrected chi connectivity index (χ1v) is 7.85. The molecule has 2 aromatic rings. The monoisotopic (exact) mass is 293 g/mol. The lowest BCUT2D eigenvalue weighted by Crippen LogP contribution is -2.19. The highest BCUT2D eigenvalue weighted by Crippen LogP contribution is 2.13. The summed E-state index contributed by atoms with van der Waals surface area (Å²) in [5.41, 5.74) is 2.34. The van der Waals surface area contributed by atoms with E-state index in [9.17, 15) is 0 Å². The molecule has 0 bridgehead atoms. The van der Waals surface area contributed by atoms with Crippen LogP contribution in [-0.4, -0.2) is 23.5 Å². The predicted octanol–water partition coefficient (Wildman–Crippen LogP) is 3.11. The average Bonchev–Trinajstić information content (AvgIpc) is 3.01. The molecule has 4 nitrogen and oxygen atoms in total. The molecular weight excluding hydrogens is 270 g/mol. The molecule has 0 spiro atoms. The maximum absolute atomic E-state index is 5.08. The number of aromatic nitrogens is 1. The minimum atomic E-state index is 0.676. The fraction of sp³-hybridized carbons (Fsp3) is 0.533. The third kappa shape index (κ3) is 5.07. The average molecular weight is 293 g/mol. The van der Waals surface area contributed by atoms with E-state index in [-0.39, 0.29) is 0 Å². The van der Waals surface area contributed by atoms with Gasteiger partial charge in [-0.05, 0) is 25.6 Å². The molecule has 2 rings (SSSR count). The molecule has 0 fully saturated rings. The summed E-state index contributed by atoms with van der Waals surface area (Å²) >= 11 is 1.73. The van der Waals surface area contributed by atoms with Crippen molar-refractivity contribution in [3.63, 3.8) is 0 Å². The summed E-state index contributed by atoms with van der Waals surface area (Å²) in [4.78, 5) is 6.91. The summed E-state index contributed by atoms with van der Waals surface area (Å²) in [6.07, 6.45) is 3.50. The van der Waals surface area contributed by atoms with E-state index in [2.05, 4.69) is 41.5 Å². The third-order valence-corrected chi connectivity index (χ3v) is 3.79. The zero-order valence-corrected chi connectivity index (χ0v) is 13.2. The normalized spacial score (nSPS) is 11.7. The molecular formula is C15H23N3OS. The molecule has 0 aliphatic rings. The van der Waals surface area contributed by atoms with Crippen LogP contribution in [-0.2, 0) is 19.6 Å². The van der Waals surface area contributed by atoms with Gasteiger partial charge in [0.1, 0.15) is 5.01 Å². The van der Waals surface area contributed by atoms with E-state index in [0.717, 1.165) is 36.9 Å². The molecule has 0 saturated heterocycles. The van der Waals surface area contributed by atoms with Crippen molar-refractivity contribution in [3.05, 3.63) is 40.2 Å². The quantitative estimate of drug-likeness (QED) is 0.812. The number of thiazole rings is 1. The number of furan rings is 1. The SMILES string of the molecule is CC(C)CNCc1nc(CN(C)Cc2ccoc2)cs1. The van der Waals surface area contributed by atoms with Crippen LogP contribution in [0.2, 0.25) is 0 Å². The highest BCUT2D eigenvalue weighted by atomic mass is 32.1. The Morgan fingerprint density at radius 3 is 2.95 bits per heavy atom. The molecule has 1 N–H and O–H groups in total. The van der Waals surface area contributed by atoms with Crippen LogP contribution in [0.3, 0.4) is 0 Å². The van der Waals surface area contributed by atoms with Crippen LogP contribution < -0.4 is 5.32 Å². The van der Waals surface area contributed by atoms with Crippen LogP contribution in [0, 0.1) is 5.92 Å². The number of nitrogens with one attached hydrogen (secondary N) is 1. The number of hydrogen-bond donors (Lipinski definition) is 1. The summed E-state index contributed by atoms with van der Waals surface area (Å²) < 4.78 is 5.08. The van der Waals surface area contributed by atoms with Crippen molar-refractivity contribution in [3.8, 4) is 0 Å². The van der Waals surface area contributed by atoms with E-state index in [1.54, 1.807) is 23.9 Å². The zero-order chi connectivity index (χ0) is 14.4. The van der Waals surface area contributed by atoms with Gasteiger partial charge in [0.15, 0.2) is 0 Å². The van der Waals surface area contributed by atoms with E-state index in [4.69, 9.17) is 4.42 Å². The standard InChI is InChI=1S/C15H23N3OS/c1-12(2)6-16-7-15-17-14(11-20-15)9-18(3)8-13-4-5-19-10-13/h4-5,10-12,16H,6-9H2,1-3H3. The summed E-state index contributed by atoms with van der Waals surface area (Å²) in [6, 6.07) is 2.00. The minimum absolute atomic E-state index is 0.676. The largest absolute Gasteiger partial charge is 0.472 e. The Bertz CT molecular complexity index is 493. The van der Waals surface area contributed by atoms with Gasteiger partial charge in [0.25, 0.3) is 0 Å². The Hall–Kier alpha value is -1.17. The van der Waals surface area contributed by atoms with Gasteiger partial charge in [-0.3, -0.25) is 4.90 Å². The Labute approximate surface area is 124 Å². The number of nitrogens with zero attached hydrogens (tertiary/aromatic N) is 2. The molecule has 0 unspecified atom stereocenters. The highest BCUT2D eigenvalue weighted by molar-refractivity contribution is 7.09. The second-order valence-electron chi connectivity index (χ2n) is 5.56. The van der Waals surface area contributed by atoms with Gasteiger partial charge in [0.05, 0.1) is 18.2 Å². The van der Waals surface area contributed by atoms with Crippen molar-refractivity contribution in [2.45, 2.75) is 33.5 Å². The van der Waals surface area contributed by atoms with Gasteiger partial charge in [-0.25, -0.2) is 4.98 Å². The molecule has 20 heavy (non-hydrogen) atoms. The van der Waals surface area contributed by atoms with Crippen LogP contribution in [0.1, 0.15) is 30.1 Å². The van der Waals surface area contributed by atoms with Crippen LogP contribution in [0.5, 0.6) is 0 Å². The molecule has 0 aliphatic carbocycles. The van der Waals surface area contributed by atoms with E-state index >= 15 is 0 Å². The van der Waals surface area contributed by atoms with Crippen molar-refractivity contribution in [1.29, 1.82) is 0 Å². The van der Waals surface area contributed by atoms with Gasteiger partial charge >= 0.3 is 0 Å². The van der Waals surface area contributed by atoms with E-state index in [1.807, 2.05) is 6.07 Å². The number of hydrogen-bond acceptors (Lipinski definition) is 5. The number of rotatable bonds is 8. The predicted molar refractivity (Wildman–Crippen MR) is 82.5 cm³/mol. The van der Waals surface area contributed by atoms with Gasteiger partial charge in [-0.1, -0.05) is 13.8 Å². The van der Waals surface area contributed by atoms with Crippen LogP contribution in [0.15, 0.2) is 28.4 Å². The van der Waals surface area contributed by atoms with E-state index in [1.165, 1.54) is 5.56 Å². The summed E-state index contributed by atoms with van der Waals surface area (Å²) in [6.45, 7) is 8.08. The van der Waals surface area contributed by atoms with Gasteiger partial charge < -0.3 is 9.73 Å². The van der Waals surface area contributed by atoms with E-state index < -0.39 is 0 Å². The molecule has 0 aromatic carbocycles. The molecule has 0 atom stereocenters. The Kier molecular flexibility index (Phi) is 5.76. The lowest BCUT2D eigenvalue weighted by atomic mass is 10.2. The van der Waals surface area contributed by atoms with Crippen LogP contribution >= 0.6 is 11.3 Å². The maximum atomic E-state index is 5.08. The van der Waals surface area contributed by atoms with Crippen molar-refractivity contribution in [1.82, 2.24) is 15.2 Å². The fourth-order valence-electron chi connectivity index (χ4n) is 2.00. The first-order chi connectivity index (χ1) is 9.63. The van der Waals surface area contributed by atoms with Crippen molar-refractivity contribution >= 4 is 11.3 Å². The Balaban J connectivity index is 1.77. The lowest BCUT2D eigenvalue weighted by Gasteiger charge is -2.13. The molecule has 0 radical (unpaired) electrons. The Morgan fingerprint density at radius 2 is 2.25 bits per heavy atom. The van der Waals surface area contributed by atoms with Gasteiger partial charge in [0, 0.05) is 30.6 Å². The molecule has 5 heteroatoms. The van der Waals surface area contributed by atoms with Crippen molar-refractivity contribution < 1.29 is 4.42 Å². The van der Waals surface area contributed by atoms with Crippen LogP contribution in [0.4, 0.5) is 0 Å². The summed E-state index contributed by atoms with van der Waals surface area (Å²) in [7, 11) is 2.10. The first kappa shape index (κ1) is 15.2. The van der Waals surface area contributed by atoms with Crippen molar-refractivity contribution in [2.24, 2.45) is 5.92 Å². The molecule has 110 valence electrons. The molecule has 0 saturated carbocycles. The Morgan fingerprint density at radius 1 is 1.40 bits per heavy atom. The fourth-order valence-corrected chi connectivity index (χ4v) is 2.75. The first-order valence-electron chi connectivity index (χ1n) is 6.97. The van der Waals surface area contributed by atoms with Gasteiger partial charge in [0.2, 0.25) is 0 Å². The molecule has 0 aliphatic heterocycles. The van der Waals surface area contributed by atoms with Crippen molar-refractivity contribution in [2.75, 3.05) is 13.6 Å².